The van der Waals surface area contributed by atoms with Gasteiger partial charge in [-0.25, -0.2) is 0 Å². The topological polar surface area (TPSA) is 124 Å². The van der Waals surface area contributed by atoms with Crippen LogP contribution < -0.4 is 0 Å². The average molecular weight is 583 g/mol. The summed E-state index contributed by atoms with van der Waals surface area (Å²) in [4.78, 5) is 0. The van der Waals surface area contributed by atoms with Crippen LogP contribution in [0.15, 0.2) is 75.9 Å². The summed E-state index contributed by atoms with van der Waals surface area (Å²) in [5.74, 6) is -1.66. The molecule has 0 radical (unpaired) electrons. The van der Waals surface area contributed by atoms with E-state index in [0.29, 0.717) is 0 Å². The van der Waals surface area contributed by atoms with Crippen molar-refractivity contribution in [3.8, 4) is 0 Å². The molecule has 0 aromatic heterocycles. The first-order chi connectivity index (χ1) is 19.9. The molecule has 2 fully saturated rings. The highest BCUT2D eigenvalue weighted by Crippen LogP contribution is 2.40. The van der Waals surface area contributed by atoms with Crippen molar-refractivity contribution in [3.05, 3.63) is 75.9 Å². The summed E-state index contributed by atoms with van der Waals surface area (Å²) in [5, 5.41) is 22.2. The van der Waals surface area contributed by atoms with Crippen LogP contribution in [0.1, 0.15) is 0 Å². The zero-order valence-corrected chi connectivity index (χ0v) is 23.8. The largest absolute Gasteiger partial charge is 0.387 e. The van der Waals surface area contributed by atoms with Gasteiger partial charge in [0.15, 0.2) is 6.29 Å². The molecule has 0 amide bonds. The van der Waals surface area contributed by atoms with E-state index in [4.69, 9.17) is 42.6 Å². The normalized spacial score (nSPS) is 33.2. The van der Waals surface area contributed by atoms with Crippen LogP contribution in [0.4, 0.5) is 0 Å². The predicted octanol–water partition coefficient (Wildman–Crippen LogP) is 1.87. The van der Waals surface area contributed by atoms with Gasteiger partial charge in [-0.1, -0.05) is 36.5 Å². The van der Waals surface area contributed by atoms with Gasteiger partial charge in [0.25, 0.3) is 0 Å². The van der Waals surface area contributed by atoms with Crippen molar-refractivity contribution in [2.75, 3.05) is 59.5 Å². The summed E-state index contributed by atoms with van der Waals surface area (Å²) in [6.07, 6.45) is 1.14. The Bertz CT molecular complexity index is 820. The van der Waals surface area contributed by atoms with E-state index in [-0.39, 0.29) is 59.5 Å². The number of rotatable bonds is 23. The van der Waals surface area contributed by atoms with Gasteiger partial charge >= 0.3 is 0 Å². The second kappa shape index (κ2) is 19.2. The molecule has 0 unspecified atom stereocenters. The number of ether oxygens (including phenoxy) is 9. The molecule has 41 heavy (non-hydrogen) atoms. The minimum atomic E-state index is -1.66. The molecule has 11 nitrogen and oxygen atoms in total. The smallest absolute Gasteiger partial charge is 0.224 e. The molecule has 0 saturated carbocycles. The van der Waals surface area contributed by atoms with Gasteiger partial charge in [-0.05, 0) is 0 Å². The Hall–Kier alpha value is -2.00. The van der Waals surface area contributed by atoms with Crippen LogP contribution in [0.2, 0.25) is 0 Å². The van der Waals surface area contributed by atoms with Crippen LogP contribution in [0.5, 0.6) is 0 Å². The summed E-state index contributed by atoms with van der Waals surface area (Å²) in [7, 11) is 0. The maximum Gasteiger partial charge on any atom is 0.224 e. The molecule has 2 saturated heterocycles. The van der Waals surface area contributed by atoms with E-state index in [0.717, 1.165) is 0 Å². The third-order valence-corrected chi connectivity index (χ3v) is 6.19. The summed E-state index contributed by atoms with van der Waals surface area (Å²) in [6, 6.07) is 0. The van der Waals surface area contributed by atoms with Crippen molar-refractivity contribution >= 4 is 0 Å². The van der Waals surface area contributed by atoms with Crippen LogP contribution >= 0.6 is 0 Å². The Morgan fingerprint density at radius 1 is 0.610 bits per heavy atom. The molecule has 0 bridgehead atoms. The molecule has 0 aromatic rings. The lowest BCUT2D eigenvalue weighted by Crippen LogP contribution is -2.63. The molecule has 2 rings (SSSR count). The van der Waals surface area contributed by atoms with E-state index in [2.05, 4.69) is 39.5 Å². The van der Waals surface area contributed by atoms with E-state index >= 15 is 0 Å². The maximum atomic E-state index is 11.3. The van der Waals surface area contributed by atoms with E-state index < -0.39 is 54.8 Å². The highest BCUT2D eigenvalue weighted by molar-refractivity contribution is 5.02. The zero-order chi connectivity index (χ0) is 30.1. The quantitative estimate of drug-likeness (QED) is 0.136. The summed E-state index contributed by atoms with van der Waals surface area (Å²) in [6.45, 7) is 23.2. The predicted molar refractivity (Wildman–Crippen MR) is 152 cm³/mol. The van der Waals surface area contributed by atoms with Crippen LogP contribution in [-0.4, -0.2) is 124 Å². The number of hydrogen-bond acceptors (Lipinski definition) is 11. The fraction of sp³-hybridized carbons (Fsp3) is 0.600. The Kier molecular flexibility index (Phi) is 16.5. The molecular formula is C30H46O11. The second-order valence-electron chi connectivity index (χ2n) is 9.28. The lowest BCUT2D eigenvalue weighted by atomic mass is 9.98. The lowest BCUT2D eigenvalue weighted by molar-refractivity contribution is -0.389. The molecule has 2 aliphatic rings. The van der Waals surface area contributed by atoms with Crippen molar-refractivity contribution < 1.29 is 52.8 Å². The molecule has 2 heterocycles. The minimum absolute atomic E-state index is 0.0198. The molecule has 232 valence electrons. The van der Waals surface area contributed by atoms with Crippen molar-refractivity contribution in [2.24, 2.45) is 0 Å². The molecule has 0 spiro atoms. The van der Waals surface area contributed by atoms with Gasteiger partial charge in [0.1, 0.15) is 49.3 Å². The van der Waals surface area contributed by atoms with E-state index in [9.17, 15) is 10.2 Å². The summed E-state index contributed by atoms with van der Waals surface area (Å²) >= 11 is 0. The number of hydrogen-bond donors (Lipinski definition) is 2. The fourth-order valence-electron chi connectivity index (χ4n) is 4.51. The van der Waals surface area contributed by atoms with Gasteiger partial charge in [0.05, 0.1) is 52.9 Å². The molecule has 0 aliphatic carbocycles. The Morgan fingerprint density at radius 2 is 1.12 bits per heavy atom. The molecule has 0 aromatic carbocycles. The average Bonchev–Trinajstić information content (AvgIpc) is 3.24. The van der Waals surface area contributed by atoms with Gasteiger partial charge in [0, 0.05) is 0 Å². The summed E-state index contributed by atoms with van der Waals surface area (Å²) < 4.78 is 54.0. The van der Waals surface area contributed by atoms with Crippen molar-refractivity contribution in [1.29, 1.82) is 0 Å². The van der Waals surface area contributed by atoms with Crippen LogP contribution in [0.3, 0.4) is 0 Å². The van der Waals surface area contributed by atoms with Gasteiger partial charge in [-0.3, -0.25) is 0 Å². The first-order valence-electron chi connectivity index (χ1n) is 13.5. The Labute approximate surface area is 243 Å². The standard InChI is InChI=1S/C30H46O11/c1-7-13-33-19-22-24(31)27(37-17-11-5)25(32)29(39-22)41-30(21-35-15-9-3)28(38-18-12-6)26(36-16-10-4)23(40-30)20-34-14-8-2/h7-12,22-29,31-32H,1-6,13-21H2/t22-,23-,24-,25-,26-,27+,28+,29-,30+/m1/s1. The molecule has 9 atom stereocenters. The summed E-state index contributed by atoms with van der Waals surface area (Å²) in [5.41, 5.74) is 0. The highest BCUT2D eigenvalue weighted by Gasteiger charge is 2.61. The number of aliphatic hydroxyl groups is 2. The first kappa shape index (κ1) is 35.2. The van der Waals surface area contributed by atoms with Gasteiger partial charge in [0.2, 0.25) is 5.79 Å². The van der Waals surface area contributed by atoms with Gasteiger partial charge in [-0.2, -0.15) is 0 Å². The lowest BCUT2D eigenvalue weighted by Gasteiger charge is -2.45. The van der Waals surface area contributed by atoms with E-state index in [1.807, 2.05) is 0 Å². The minimum Gasteiger partial charge on any atom is -0.387 e. The van der Waals surface area contributed by atoms with Crippen molar-refractivity contribution in [3.63, 3.8) is 0 Å². The van der Waals surface area contributed by atoms with Crippen LogP contribution in [-0.2, 0) is 42.6 Å². The van der Waals surface area contributed by atoms with Crippen LogP contribution in [0.25, 0.3) is 0 Å². The molecule has 11 heteroatoms. The monoisotopic (exact) mass is 582 g/mol. The third kappa shape index (κ3) is 10.1. The zero-order valence-electron chi connectivity index (χ0n) is 23.8. The fourth-order valence-corrected chi connectivity index (χ4v) is 4.51. The SMILES string of the molecule is C=CCOC[C@H]1O[C@H](O[C@]2(COCC=C)O[C@H](COCC=C)[C@@H](OCC=C)[C@@H]2OCC=C)[C@H](O)[C@@H](OCC=C)[C@@H]1O. The molecular weight excluding hydrogens is 536 g/mol. The van der Waals surface area contributed by atoms with E-state index in [1.165, 1.54) is 6.08 Å². The van der Waals surface area contributed by atoms with E-state index in [1.54, 1.807) is 30.4 Å². The van der Waals surface area contributed by atoms with Gasteiger partial charge < -0.3 is 52.8 Å². The molecule has 2 aliphatic heterocycles. The van der Waals surface area contributed by atoms with Crippen molar-refractivity contribution in [1.82, 2.24) is 0 Å². The van der Waals surface area contributed by atoms with Crippen molar-refractivity contribution in [2.45, 2.75) is 54.8 Å². The van der Waals surface area contributed by atoms with Crippen LogP contribution in [0, 0.1) is 0 Å². The first-order valence-corrected chi connectivity index (χ1v) is 13.5. The van der Waals surface area contributed by atoms with Gasteiger partial charge in [-0.15, -0.1) is 39.5 Å². The number of aliphatic hydroxyl groups excluding tert-OH is 2. The second-order valence-corrected chi connectivity index (χ2v) is 9.28. The third-order valence-electron chi connectivity index (χ3n) is 6.19. The Balaban J connectivity index is 2.48. The Morgan fingerprint density at radius 3 is 1.71 bits per heavy atom. The maximum absolute atomic E-state index is 11.3. The molecule has 2 N–H and O–H groups in total. The highest BCUT2D eigenvalue weighted by atomic mass is 16.8.